The fourth-order valence-corrected chi connectivity index (χ4v) is 5.55. The van der Waals surface area contributed by atoms with E-state index in [2.05, 4.69) is 9.98 Å². The van der Waals surface area contributed by atoms with Gasteiger partial charge in [-0.3, -0.25) is 19.2 Å². The Kier molecular flexibility index (Phi) is 6.08. The minimum atomic E-state index is -4.46. The number of rotatable bonds is 5. The number of amides is 1. The molecule has 2 aliphatic rings. The monoisotopic (exact) mass is 507 g/mol. The largest absolute Gasteiger partial charge is 0.378 e. The van der Waals surface area contributed by atoms with E-state index in [9.17, 15) is 17.8 Å². The van der Waals surface area contributed by atoms with Crippen molar-refractivity contribution in [3.8, 4) is 11.1 Å². The number of hydrogen-bond donors (Lipinski definition) is 2. The number of benzene rings is 2. The molecule has 2 aromatic carbocycles. The van der Waals surface area contributed by atoms with Crippen LogP contribution in [0, 0.1) is 0 Å². The van der Waals surface area contributed by atoms with Crippen molar-refractivity contribution in [2.75, 3.05) is 26.8 Å². The summed E-state index contributed by atoms with van der Waals surface area (Å²) in [5, 5.41) is 0. The van der Waals surface area contributed by atoms with Gasteiger partial charge in [-0.1, -0.05) is 48.5 Å². The summed E-state index contributed by atoms with van der Waals surface area (Å²) >= 11 is 0. The lowest BCUT2D eigenvalue weighted by atomic mass is 9.81. The van der Waals surface area contributed by atoms with E-state index in [0.717, 1.165) is 15.4 Å². The van der Waals surface area contributed by atoms with Crippen LogP contribution < -0.4 is 5.73 Å². The second-order valence-corrected chi connectivity index (χ2v) is 10.0. The highest BCUT2D eigenvalue weighted by Gasteiger charge is 2.50. The van der Waals surface area contributed by atoms with Crippen molar-refractivity contribution in [2.24, 2.45) is 10.7 Å². The first-order valence-corrected chi connectivity index (χ1v) is 12.7. The molecule has 1 aromatic heterocycles. The summed E-state index contributed by atoms with van der Waals surface area (Å²) in [6.45, 7) is 0.246. The van der Waals surface area contributed by atoms with Gasteiger partial charge in [-0.2, -0.15) is 12.7 Å². The van der Waals surface area contributed by atoms with Gasteiger partial charge in [0.1, 0.15) is 0 Å². The molecular weight excluding hydrogens is 482 g/mol. The maximum atomic E-state index is 13.7. The Hall–Kier alpha value is -3.64. The molecule has 1 fully saturated rings. The number of carbonyl (C=O) groups is 1. The molecule has 1 saturated heterocycles. The SMILES string of the molecule is CN1C(=O)C(c2cccc(-c3cccnc3)c2)(c2cccc(C3COCCN3S(=O)(=O)O)c2)N=C1N. The molecule has 0 saturated carbocycles. The van der Waals surface area contributed by atoms with Crippen LogP contribution >= 0.6 is 0 Å². The van der Waals surface area contributed by atoms with Crippen molar-refractivity contribution in [1.82, 2.24) is 14.2 Å². The van der Waals surface area contributed by atoms with Crippen LogP contribution in [0.15, 0.2) is 78.0 Å². The minimum absolute atomic E-state index is 0.0127. The number of aliphatic imine (C=N–C) groups is 1. The molecule has 3 aromatic rings. The number of nitrogens with zero attached hydrogens (tertiary/aromatic N) is 4. The first kappa shape index (κ1) is 24.1. The number of morpholine rings is 1. The van der Waals surface area contributed by atoms with Gasteiger partial charge in [-0.05, 0) is 39.9 Å². The number of aromatic nitrogens is 1. The molecule has 5 rings (SSSR count). The second kappa shape index (κ2) is 9.10. The van der Waals surface area contributed by atoms with Crippen LogP contribution in [0.4, 0.5) is 0 Å². The van der Waals surface area contributed by atoms with Crippen LogP contribution in [-0.2, 0) is 25.4 Å². The Morgan fingerprint density at radius 2 is 1.81 bits per heavy atom. The van der Waals surface area contributed by atoms with E-state index in [0.29, 0.717) is 16.7 Å². The van der Waals surface area contributed by atoms with Crippen molar-refractivity contribution >= 4 is 22.2 Å². The Balaban J connectivity index is 1.67. The zero-order chi connectivity index (χ0) is 25.5. The zero-order valence-corrected chi connectivity index (χ0v) is 20.3. The van der Waals surface area contributed by atoms with Crippen LogP contribution in [0.3, 0.4) is 0 Å². The predicted octanol–water partition coefficient (Wildman–Crippen LogP) is 1.95. The molecule has 11 heteroatoms. The number of ether oxygens (including phenoxy) is 1. The van der Waals surface area contributed by atoms with Crippen molar-refractivity contribution in [3.63, 3.8) is 0 Å². The van der Waals surface area contributed by atoms with Crippen LogP contribution in [-0.4, -0.2) is 65.8 Å². The number of guanidine groups is 1. The van der Waals surface area contributed by atoms with E-state index in [1.807, 2.05) is 36.4 Å². The van der Waals surface area contributed by atoms with Crippen LogP contribution in [0.5, 0.6) is 0 Å². The number of nitrogens with two attached hydrogens (primary N) is 1. The highest BCUT2D eigenvalue weighted by atomic mass is 32.2. The summed E-state index contributed by atoms with van der Waals surface area (Å²) in [6, 6.07) is 17.4. The van der Waals surface area contributed by atoms with Gasteiger partial charge in [0, 0.05) is 26.0 Å². The van der Waals surface area contributed by atoms with Gasteiger partial charge in [0.2, 0.25) is 0 Å². The molecule has 3 N–H and O–H groups in total. The van der Waals surface area contributed by atoms with Gasteiger partial charge in [0.15, 0.2) is 11.5 Å². The molecule has 186 valence electrons. The van der Waals surface area contributed by atoms with E-state index in [4.69, 9.17) is 10.5 Å². The lowest BCUT2D eigenvalue weighted by Gasteiger charge is -2.33. The van der Waals surface area contributed by atoms with Crippen LogP contribution in [0.25, 0.3) is 11.1 Å². The highest BCUT2D eigenvalue weighted by molar-refractivity contribution is 7.83. The summed E-state index contributed by atoms with van der Waals surface area (Å²) in [4.78, 5) is 23.9. The van der Waals surface area contributed by atoms with Gasteiger partial charge in [-0.15, -0.1) is 0 Å². The third-order valence-corrected chi connectivity index (χ3v) is 7.61. The van der Waals surface area contributed by atoms with E-state index >= 15 is 0 Å². The van der Waals surface area contributed by atoms with Crippen molar-refractivity contribution in [1.29, 1.82) is 0 Å². The highest BCUT2D eigenvalue weighted by Crippen LogP contribution is 2.41. The van der Waals surface area contributed by atoms with Gasteiger partial charge in [0.25, 0.3) is 5.91 Å². The van der Waals surface area contributed by atoms with Gasteiger partial charge in [-0.25, -0.2) is 4.99 Å². The van der Waals surface area contributed by atoms with Gasteiger partial charge < -0.3 is 10.5 Å². The summed E-state index contributed by atoms with van der Waals surface area (Å²) in [6.07, 6.45) is 3.42. The zero-order valence-electron chi connectivity index (χ0n) is 19.5. The third kappa shape index (κ3) is 4.05. The smallest absolute Gasteiger partial charge is 0.336 e. The molecule has 2 atom stereocenters. The van der Waals surface area contributed by atoms with Crippen LogP contribution in [0.1, 0.15) is 22.7 Å². The molecule has 0 spiro atoms. The van der Waals surface area contributed by atoms with Crippen molar-refractivity contribution in [3.05, 3.63) is 89.7 Å². The van der Waals surface area contributed by atoms with E-state index in [1.165, 1.54) is 4.90 Å². The number of carbonyl (C=O) groups excluding carboxylic acids is 1. The number of hydrogen-bond acceptors (Lipinski definition) is 7. The molecule has 1 amide bonds. The Morgan fingerprint density at radius 3 is 2.47 bits per heavy atom. The fourth-order valence-electron chi connectivity index (χ4n) is 4.74. The van der Waals surface area contributed by atoms with E-state index in [-0.39, 0.29) is 31.6 Å². The summed E-state index contributed by atoms with van der Waals surface area (Å²) < 4.78 is 40.3. The second-order valence-electron chi connectivity index (χ2n) is 8.67. The molecular formula is C25H25N5O5S. The van der Waals surface area contributed by atoms with E-state index < -0.39 is 21.9 Å². The predicted molar refractivity (Wildman–Crippen MR) is 133 cm³/mol. The van der Waals surface area contributed by atoms with Gasteiger partial charge >= 0.3 is 10.3 Å². The molecule has 3 heterocycles. The quantitative estimate of drug-likeness (QED) is 0.503. The average molecular weight is 508 g/mol. The number of likely N-dealkylation sites (N-methyl/N-ethyl adjacent to an activating group) is 1. The summed E-state index contributed by atoms with van der Waals surface area (Å²) in [5.74, 6) is -0.273. The van der Waals surface area contributed by atoms with Crippen molar-refractivity contribution < 1.29 is 22.5 Å². The molecule has 2 unspecified atom stereocenters. The maximum absolute atomic E-state index is 13.7. The topological polar surface area (TPSA) is 138 Å². The number of pyridine rings is 1. The average Bonchev–Trinajstić information content (AvgIpc) is 3.13. The summed E-state index contributed by atoms with van der Waals surface area (Å²) in [5.41, 5.74) is 8.06. The van der Waals surface area contributed by atoms with Gasteiger partial charge in [0.05, 0.1) is 19.3 Å². The lowest BCUT2D eigenvalue weighted by molar-refractivity contribution is -0.129. The lowest BCUT2D eigenvalue weighted by Crippen LogP contribution is -2.43. The van der Waals surface area contributed by atoms with Crippen molar-refractivity contribution in [2.45, 2.75) is 11.6 Å². The molecule has 0 bridgehead atoms. The Morgan fingerprint density at radius 1 is 1.08 bits per heavy atom. The molecule has 10 nitrogen and oxygen atoms in total. The maximum Gasteiger partial charge on any atom is 0.336 e. The summed E-state index contributed by atoms with van der Waals surface area (Å²) in [7, 11) is -2.90. The third-order valence-electron chi connectivity index (χ3n) is 6.58. The Bertz CT molecular complexity index is 1450. The van der Waals surface area contributed by atoms with E-state index in [1.54, 1.807) is 43.7 Å². The minimum Gasteiger partial charge on any atom is -0.378 e. The standard InChI is InChI=1S/C25H25N5O5S/c1-29-23(31)25(28-24(29)26,20-8-2-5-17(13-20)19-7-4-10-27-15-19)21-9-3-6-18(14-21)22-16-35-12-11-30(22)36(32,33)34/h2-10,13-15,22H,11-12,16H2,1H3,(H2,26,28)(H,32,33,34). The molecule has 36 heavy (non-hydrogen) atoms. The normalized spacial score (nSPS) is 23.1. The Labute approximate surface area is 208 Å². The molecule has 0 aliphatic carbocycles. The molecule has 2 aliphatic heterocycles. The first-order chi connectivity index (χ1) is 17.2. The first-order valence-electron chi connectivity index (χ1n) is 11.3. The fraction of sp³-hybridized carbons (Fsp3) is 0.240. The van der Waals surface area contributed by atoms with Crippen LogP contribution in [0.2, 0.25) is 0 Å². The molecule has 0 radical (unpaired) electrons.